The molecule has 0 fully saturated rings. The van der Waals surface area contributed by atoms with Crippen LogP contribution in [0.4, 0.5) is 0 Å². The first-order valence-corrected chi connectivity index (χ1v) is 7.05. The van der Waals surface area contributed by atoms with Crippen LogP contribution in [0, 0.1) is 0 Å². The molecule has 0 amide bonds. The summed E-state index contributed by atoms with van der Waals surface area (Å²) in [5.74, 6) is 0.634. The lowest BCUT2D eigenvalue weighted by molar-refractivity contribution is 0.414. The fraction of sp³-hybridized carbons (Fsp3) is 0.667. The highest BCUT2D eigenvalue weighted by atomic mass is 79.9. The molecular weight excluding hydrogens is 270 g/mol. The minimum absolute atomic E-state index is 0.229. The zero-order valence-corrected chi connectivity index (χ0v) is 12.3. The Morgan fingerprint density at radius 3 is 2.60 bits per heavy atom. The lowest BCUT2D eigenvalue weighted by atomic mass is 10.0. The summed E-state index contributed by atoms with van der Waals surface area (Å²) in [5.41, 5.74) is 0.229. The van der Waals surface area contributed by atoms with Crippen molar-refractivity contribution in [1.29, 1.82) is 0 Å². The summed E-state index contributed by atoms with van der Waals surface area (Å²) in [6, 6.07) is 2.13. The first kappa shape index (κ1) is 13.2. The van der Waals surface area contributed by atoms with Crippen LogP contribution >= 0.6 is 27.3 Å². The van der Waals surface area contributed by atoms with Gasteiger partial charge in [0.2, 0.25) is 0 Å². The largest absolute Gasteiger partial charge is 0.312 e. The second kappa shape index (κ2) is 5.46. The summed E-state index contributed by atoms with van der Waals surface area (Å²) in [4.78, 5) is 1.46. The molecule has 3 heteroatoms. The molecule has 1 unspecified atom stereocenters. The Bertz CT molecular complexity index is 301. The second-order valence-electron chi connectivity index (χ2n) is 5.00. The third kappa shape index (κ3) is 4.66. The van der Waals surface area contributed by atoms with Crippen molar-refractivity contribution in [3.8, 4) is 0 Å². The van der Waals surface area contributed by atoms with Crippen LogP contribution in [0.5, 0.6) is 0 Å². The number of hydrogen-bond donors (Lipinski definition) is 1. The van der Waals surface area contributed by atoms with Crippen LogP contribution in [-0.4, -0.2) is 12.1 Å². The monoisotopic (exact) mass is 289 g/mol. The van der Waals surface area contributed by atoms with Crippen LogP contribution < -0.4 is 5.32 Å². The van der Waals surface area contributed by atoms with Gasteiger partial charge in [-0.3, -0.25) is 0 Å². The minimum atomic E-state index is 0.229. The highest BCUT2D eigenvalue weighted by molar-refractivity contribution is 9.10. The van der Waals surface area contributed by atoms with E-state index in [-0.39, 0.29) is 5.54 Å². The predicted octanol–water partition coefficient (Wildman–Crippen LogP) is 4.39. The van der Waals surface area contributed by atoms with E-state index >= 15 is 0 Å². The van der Waals surface area contributed by atoms with Gasteiger partial charge in [0.05, 0.1) is 0 Å². The maximum atomic E-state index is 3.59. The molecule has 86 valence electrons. The van der Waals surface area contributed by atoms with E-state index in [2.05, 4.69) is 60.4 Å². The Labute approximate surface area is 105 Å². The highest BCUT2D eigenvalue weighted by Gasteiger charge is 2.13. The second-order valence-corrected chi connectivity index (χ2v) is 6.80. The molecule has 0 aliphatic carbocycles. The lowest BCUT2D eigenvalue weighted by Gasteiger charge is -2.21. The minimum Gasteiger partial charge on any atom is -0.312 e. The van der Waals surface area contributed by atoms with Crippen molar-refractivity contribution >= 4 is 27.3 Å². The molecule has 1 atom stereocenters. The summed E-state index contributed by atoms with van der Waals surface area (Å²) in [7, 11) is 0. The topological polar surface area (TPSA) is 12.0 Å². The fourth-order valence-corrected chi connectivity index (χ4v) is 3.31. The van der Waals surface area contributed by atoms with E-state index in [9.17, 15) is 0 Å². The molecule has 0 aliphatic rings. The Balaban J connectivity index is 2.37. The van der Waals surface area contributed by atoms with Crippen molar-refractivity contribution in [3.63, 3.8) is 0 Å². The van der Waals surface area contributed by atoms with E-state index in [0.717, 1.165) is 6.54 Å². The Kier molecular flexibility index (Phi) is 4.81. The molecule has 1 heterocycles. The molecule has 0 saturated carbocycles. The normalized spacial score (nSPS) is 14.2. The van der Waals surface area contributed by atoms with Crippen LogP contribution in [0.2, 0.25) is 0 Å². The first-order valence-electron chi connectivity index (χ1n) is 5.38. The molecule has 0 aromatic carbocycles. The van der Waals surface area contributed by atoms with Crippen LogP contribution in [0.3, 0.4) is 0 Å². The molecule has 0 saturated heterocycles. The van der Waals surface area contributed by atoms with Gasteiger partial charge in [0.1, 0.15) is 0 Å². The quantitative estimate of drug-likeness (QED) is 0.867. The first-order chi connectivity index (χ1) is 6.90. The average Bonchev–Trinajstić information content (AvgIpc) is 2.48. The molecule has 0 bridgehead atoms. The van der Waals surface area contributed by atoms with Crippen molar-refractivity contribution in [2.75, 3.05) is 6.54 Å². The lowest BCUT2D eigenvalue weighted by Crippen LogP contribution is -2.36. The van der Waals surface area contributed by atoms with Gasteiger partial charge in [-0.25, -0.2) is 0 Å². The number of halogens is 1. The molecular formula is C12H20BrNS. The Morgan fingerprint density at radius 2 is 2.13 bits per heavy atom. The van der Waals surface area contributed by atoms with Crippen molar-refractivity contribution in [3.05, 3.63) is 20.8 Å². The zero-order valence-electron chi connectivity index (χ0n) is 9.93. The van der Waals surface area contributed by atoms with E-state index in [1.807, 2.05) is 11.3 Å². The van der Waals surface area contributed by atoms with Crippen LogP contribution in [0.25, 0.3) is 0 Å². The van der Waals surface area contributed by atoms with Gasteiger partial charge in [0.15, 0.2) is 0 Å². The third-order valence-electron chi connectivity index (χ3n) is 2.33. The van der Waals surface area contributed by atoms with Gasteiger partial charge in [-0.05, 0) is 67.0 Å². The fourth-order valence-electron chi connectivity index (χ4n) is 1.45. The van der Waals surface area contributed by atoms with E-state index in [0.29, 0.717) is 5.92 Å². The van der Waals surface area contributed by atoms with Gasteiger partial charge in [-0.15, -0.1) is 11.3 Å². The molecule has 0 spiro atoms. The summed E-state index contributed by atoms with van der Waals surface area (Å²) in [6.45, 7) is 9.99. The maximum Gasteiger partial charge on any atom is 0.0317 e. The predicted molar refractivity (Wildman–Crippen MR) is 72.8 cm³/mol. The summed E-state index contributed by atoms with van der Waals surface area (Å²) >= 11 is 5.43. The van der Waals surface area contributed by atoms with Crippen molar-refractivity contribution < 1.29 is 0 Å². The highest BCUT2D eigenvalue weighted by Crippen LogP contribution is 2.31. The molecule has 1 N–H and O–H groups in total. The number of hydrogen-bond acceptors (Lipinski definition) is 2. The molecule has 1 nitrogen and oxygen atoms in total. The van der Waals surface area contributed by atoms with E-state index < -0.39 is 0 Å². The standard InChI is InChI=1S/C12H20BrNS/c1-9(5-7-14-12(2,3)4)11-10(13)6-8-15-11/h6,8-9,14H,5,7H2,1-4H3. The van der Waals surface area contributed by atoms with Crippen LogP contribution in [-0.2, 0) is 0 Å². The zero-order chi connectivity index (χ0) is 11.5. The van der Waals surface area contributed by atoms with E-state index in [4.69, 9.17) is 0 Å². The molecule has 1 aromatic heterocycles. The molecule has 0 aliphatic heterocycles. The van der Waals surface area contributed by atoms with Gasteiger partial charge in [-0.2, -0.15) is 0 Å². The SMILES string of the molecule is CC(CCNC(C)(C)C)c1sccc1Br. The van der Waals surface area contributed by atoms with Gasteiger partial charge in [0, 0.05) is 14.9 Å². The number of rotatable bonds is 4. The summed E-state index contributed by atoms with van der Waals surface area (Å²) in [5, 5.41) is 5.67. The van der Waals surface area contributed by atoms with Crippen molar-refractivity contribution in [1.82, 2.24) is 5.32 Å². The van der Waals surface area contributed by atoms with Crippen LogP contribution in [0.15, 0.2) is 15.9 Å². The maximum absolute atomic E-state index is 3.59. The van der Waals surface area contributed by atoms with E-state index in [1.54, 1.807) is 0 Å². The average molecular weight is 290 g/mol. The number of thiophene rings is 1. The van der Waals surface area contributed by atoms with Crippen molar-refractivity contribution in [2.45, 2.75) is 45.6 Å². The van der Waals surface area contributed by atoms with Gasteiger partial charge in [-0.1, -0.05) is 6.92 Å². The molecule has 0 radical (unpaired) electrons. The van der Waals surface area contributed by atoms with Gasteiger partial charge >= 0.3 is 0 Å². The molecule has 1 rings (SSSR count). The van der Waals surface area contributed by atoms with Crippen LogP contribution in [0.1, 0.15) is 44.9 Å². The Morgan fingerprint density at radius 1 is 1.47 bits per heavy atom. The molecule has 15 heavy (non-hydrogen) atoms. The van der Waals surface area contributed by atoms with Gasteiger partial charge < -0.3 is 5.32 Å². The van der Waals surface area contributed by atoms with E-state index in [1.165, 1.54) is 15.8 Å². The third-order valence-corrected chi connectivity index (χ3v) is 4.43. The van der Waals surface area contributed by atoms with Gasteiger partial charge in [0.25, 0.3) is 0 Å². The smallest absolute Gasteiger partial charge is 0.0317 e. The summed E-state index contributed by atoms with van der Waals surface area (Å²) in [6.07, 6.45) is 1.19. The number of nitrogens with one attached hydrogen (secondary N) is 1. The Hall–Kier alpha value is 0.140. The van der Waals surface area contributed by atoms with Crippen molar-refractivity contribution in [2.24, 2.45) is 0 Å². The molecule has 1 aromatic rings. The summed E-state index contributed by atoms with van der Waals surface area (Å²) < 4.78 is 1.26.